The number of nitrogens with zero attached hydrogens (tertiary/aromatic N) is 2. The molecule has 1 heterocycles. The molecule has 2 aromatic carbocycles. The van der Waals surface area contributed by atoms with Gasteiger partial charge in [0.05, 0.1) is 11.9 Å². The second-order valence-electron chi connectivity index (χ2n) is 8.11. The summed E-state index contributed by atoms with van der Waals surface area (Å²) in [4.78, 5) is 35.7. The van der Waals surface area contributed by atoms with E-state index in [1.54, 1.807) is 51.2 Å². The lowest BCUT2D eigenvalue weighted by Gasteiger charge is -2.19. The topological polar surface area (TPSA) is 135 Å². The third-order valence-electron chi connectivity index (χ3n) is 4.26. The molecule has 3 aromatic rings. The molecule has 10 heteroatoms. The van der Waals surface area contributed by atoms with E-state index in [9.17, 15) is 14.4 Å². The molecule has 3 rings (SSSR count). The number of aromatic nitrogens is 2. The van der Waals surface area contributed by atoms with Crippen LogP contribution >= 0.6 is 0 Å². The van der Waals surface area contributed by atoms with E-state index in [0.717, 1.165) is 5.69 Å². The predicted octanol–water partition coefficient (Wildman–Crippen LogP) is 4.24. The Kier molecular flexibility index (Phi) is 6.97. The number of hydrogen-bond donors (Lipinski definition) is 4. The molecular weight excluding hydrogens is 426 g/mol. The molecule has 0 atom stereocenters. The maximum absolute atomic E-state index is 12.8. The monoisotopic (exact) mass is 451 g/mol. The zero-order valence-corrected chi connectivity index (χ0v) is 18.5. The fraction of sp³-hybridized carbons (Fsp3) is 0.217. The molecule has 0 fully saturated rings. The lowest BCUT2D eigenvalue weighted by Crippen LogP contribution is -2.27. The molecule has 1 aromatic heterocycles. The molecule has 0 saturated carbocycles. The van der Waals surface area contributed by atoms with Crippen LogP contribution in [-0.4, -0.2) is 38.6 Å². The SMILES string of the molecule is CC(C)(C)OC(=O)Nc1cn(-c2ccccc2)nc1NC(=O)c1ccc(CNC(=O)O)cc1. The van der Waals surface area contributed by atoms with Gasteiger partial charge in [-0.2, -0.15) is 0 Å². The highest BCUT2D eigenvalue weighted by Gasteiger charge is 2.20. The minimum Gasteiger partial charge on any atom is -0.465 e. The van der Waals surface area contributed by atoms with Gasteiger partial charge in [0, 0.05) is 12.1 Å². The number of carbonyl (C=O) groups excluding carboxylic acids is 2. The fourth-order valence-electron chi connectivity index (χ4n) is 2.82. The lowest BCUT2D eigenvalue weighted by molar-refractivity contribution is 0.0635. The summed E-state index contributed by atoms with van der Waals surface area (Å²) in [5.41, 5.74) is 1.35. The molecule has 33 heavy (non-hydrogen) atoms. The third kappa shape index (κ3) is 6.82. The predicted molar refractivity (Wildman–Crippen MR) is 123 cm³/mol. The number of rotatable bonds is 6. The normalized spacial score (nSPS) is 10.9. The van der Waals surface area contributed by atoms with Gasteiger partial charge < -0.3 is 20.5 Å². The van der Waals surface area contributed by atoms with Crippen LogP contribution < -0.4 is 16.0 Å². The zero-order chi connectivity index (χ0) is 24.0. The van der Waals surface area contributed by atoms with E-state index in [4.69, 9.17) is 9.84 Å². The van der Waals surface area contributed by atoms with Crippen molar-refractivity contribution in [3.63, 3.8) is 0 Å². The highest BCUT2D eigenvalue weighted by Crippen LogP contribution is 2.24. The second kappa shape index (κ2) is 9.86. The Bertz CT molecular complexity index is 1130. The summed E-state index contributed by atoms with van der Waals surface area (Å²) >= 11 is 0. The van der Waals surface area contributed by atoms with E-state index in [-0.39, 0.29) is 18.1 Å². The average molecular weight is 451 g/mol. The Balaban J connectivity index is 1.81. The van der Waals surface area contributed by atoms with Crippen LogP contribution in [0.1, 0.15) is 36.7 Å². The van der Waals surface area contributed by atoms with E-state index in [0.29, 0.717) is 11.1 Å². The van der Waals surface area contributed by atoms with Gasteiger partial charge in [-0.15, -0.1) is 5.10 Å². The first-order valence-corrected chi connectivity index (χ1v) is 10.1. The molecule has 4 N–H and O–H groups in total. The lowest BCUT2D eigenvalue weighted by atomic mass is 10.1. The number of para-hydroxylation sites is 1. The van der Waals surface area contributed by atoms with Crippen molar-refractivity contribution in [2.24, 2.45) is 0 Å². The number of amides is 3. The third-order valence-corrected chi connectivity index (χ3v) is 4.26. The Morgan fingerprint density at radius 2 is 1.67 bits per heavy atom. The molecule has 0 radical (unpaired) electrons. The van der Waals surface area contributed by atoms with E-state index < -0.39 is 23.7 Å². The second-order valence-corrected chi connectivity index (χ2v) is 8.11. The van der Waals surface area contributed by atoms with Gasteiger partial charge in [-0.1, -0.05) is 30.3 Å². The van der Waals surface area contributed by atoms with Gasteiger partial charge in [0.1, 0.15) is 11.3 Å². The van der Waals surface area contributed by atoms with Crippen LogP contribution in [0.4, 0.5) is 21.1 Å². The Morgan fingerprint density at radius 1 is 1.00 bits per heavy atom. The maximum atomic E-state index is 12.8. The summed E-state index contributed by atoms with van der Waals surface area (Å²) in [6.45, 7) is 5.37. The largest absolute Gasteiger partial charge is 0.465 e. The van der Waals surface area contributed by atoms with Crippen molar-refractivity contribution in [3.05, 3.63) is 71.9 Å². The van der Waals surface area contributed by atoms with Crippen molar-refractivity contribution in [3.8, 4) is 5.69 Å². The first-order valence-electron chi connectivity index (χ1n) is 10.1. The minimum absolute atomic E-state index is 0.128. The van der Waals surface area contributed by atoms with Crippen molar-refractivity contribution >= 4 is 29.6 Å². The van der Waals surface area contributed by atoms with Gasteiger partial charge in [0.15, 0.2) is 5.82 Å². The number of benzene rings is 2. The average Bonchev–Trinajstić information content (AvgIpc) is 3.14. The number of anilines is 2. The van der Waals surface area contributed by atoms with E-state index in [1.165, 1.54) is 4.68 Å². The first-order chi connectivity index (χ1) is 15.6. The smallest absolute Gasteiger partial charge is 0.412 e. The summed E-state index contributed by atoms with van der Waals surface area (Å²) in [5.74, 6) is -0.301. The number of ether oxygens (including phenoxy) is 1. The maximum Gasteiger partial charge on any atom is 0.412 e. The van der Waals surface area contributed by atoms with E-state index in [2.05, 4.69) is 21.0 Å². The standard InChI is InChI=1S/C23H25N5O5/c1-23(2,3)33-22(32)25-18-14-28(17-7-5-4-6-8-17)27-19(18)26-20(29)16-11-9-15(10-12-16)13-24-21(30)31/h4-12,14,24H,13H2,1-3H3,(H,25,32)(H,30,31)(H,26,27,29). The quantitative estimate of drug-likeness (QED) is 0.443. The number of nitrogens with one attached hydrogen (secondary N) is 3. The molecule has 0 aliphatic rings. The fourth-order valence-corrected chi connectivity index (χ4v) is 2.82. The highest BCUT2D eigenvalue weighted by molar-refractivity contribution is 6.06. The van der Waals surface area contributed by atoms with E-state index in [1.807, 2.05) is 30.3 Å². The zero-order valence-electron chi connectivity index (χ0n) is 18.5. The van der Waals surface area contributed by atoms with Gasteiger partial charge in [0.2, 0.25) is 0 Å². The van der Waals surface area contributed by atoms with Crippen LogP contribution in [0.3, 0.4) is 0 Å². The van der Waals surface area contributed by atoms with Crippen molar-refractivity contribution in [2.75, 3.05) is 10.6 Å². The summed E-state index contributed by atoms with van der Waals surface area (Å²) in [7, 11) is 0. The van der Waals surface area contributed by atoms with Crippen LogP contribution in [0.2, 0.25) is 0 Å². The minimum atomic E-state index is -1.13. The van der Waals surface area contributed by atoms with E-state index >= 15 is 0 Å². The van der Waals surface area contributed by atoms with Crippen LogP contribution in [-0.2, 0) is 11.3 Å². The number of carbonyl (C=O) groups is 3. The van der Waals surface area contributed by atoms with Crippen molar-refractivity contribution in [2.45, 2.75) is 32.9 Å². The van der Waals surface area contributed by atoms with Crippen LogP contribution in [0.15, 0.2) is 60.8 Å². The molecule has 0 bridgehead atoms. The summed E-state index contributed by atoms with van der Waals surface area (Å²) in [6.07, 6.45) is -0.230. The molecular formula is C23H25N5O5. The summed E-state index contributed by atoms with van der Waals surface area (Å²) in [5, 5.41) is 20.7. The Hall–Kier alpha value is -4.34. The molecule has 0 unspecified atom stereocenters. The Labute approximate surface area is 190 Å². The van der Waals surface area contributed by atoms with Crippen molar-refractivity contribution in [1.29, 1.82) is 0 Å². The number of hydrogen-bond acceptors (Lipinski definition) is 5. The van der Waals surface area contributed by atoms with Crippen LogP contribution in [0.25, 0.3) is 5.69 Å². The Morgan fingerprint density at radius 3 is 2.27 bits per heavy atom. The van der Waals surface area contributed by atoms with Crippen molar-refractivity contribution in [1.82, 2.24) is 15.1 Å². The molecule has 0 aliphatic heterocycles. The van der Waals surface area contributed by atoms with Crippen LogP contribution in [0, 0.1) is 0 Å². The van der Waals surface area contributed by atoms with Crippen LogP contribution in [0.5, 0.6) is 0 Å². The molecule has 10 nitrogen and oxygen atoms in total. The first kappa shape index (κ1) is 23.3. The summed E-state index contributed by atoms with van der Waals surface area (Å²) in [6, 6.07) is 15.7. The van der Waals surface area contributed by atoms with Crippen molar-refractivity contribution < 1.29 is 24.2 Å². The summed E-state index contributed by atoms with van der Waals surface area (Å²) < 4.78 is 6.84. The molecule has 0 aliphatic carbocycles. The highest BCUT2D eigenvalue weighted by atomic mass is 16.6. The molecule has 3 amide bonds. The van der Waals surface area contributed by atoms with Gasteiger partial charge >= 0.3 is 12.2 Å². The van der Waals surface area contributed by atoms with Gasteiger partial charge in [-0.05, 0) is 50.6 Å². The molecule has 0 spiro atoms. The van der Waals surface area contributed by atoms with Gasteiger partial charge in [0.25, 0.3) is 5.91 Å². The molecule has 172 valence electrons. The van der Waals surface area contributed by atoms with Gasteiger partial charge in [-0.25, -0.2) is 14.3 Å². The number of carboxylic acid groups (broad SMARTS) is 1. The van der Waals surface area contributed by atoms with Gasteiger partial charge in [-0.3, -0.25) is 10.1 Å². The molecule has 0 saturated heterocycles.